The number of nitrogens with zero attached hydrogens (tertiary/aromatic N) is 2. The summed E-state index contributed by atoms with van der Waals surface area (Å²) in [6.07, 6.45) is 7.59. The van der Waals surface area contributed by atoms with Gasteiger partial charge in [0, 0.05) is 38.5 Å². The van der Waals surface area contributed by atoms with E-state index in [9.17, 15) is 0 Å². The van der Waals surface area contributed by atoms with Crippen LogP contribution in [-0.2, 0) is 11.3 Å². The lowest BCUT2D eigenvalue weighted by Gasteiger charge is -2.14. The zero-order valence-corrected chi connectivity index (χ0v) is 10.1. The number of imidazole rings is 1. The lowest BCUT2D eigenvalue weighted by Crippen LogP contribution is -2.27. The van der Waals surface area contributed by atoms with Crippen LogP contribution in [0.25, 0.3) is 0 Å². The minimum Gasteiger partial charge on any atom is -0.385 e. The van der Waals surface area contributed by atoms with Gasteiger partial charge in [-0.3, -0.25) is 0 Å². The summed E-state index contributed by atoms with van der Waals surface area (Å²) in [6, 6.07) is 1.20. The predicted molar refractivity (Wildman–Crippen MR) is 63.3 cm³/mol. The predicted octanol–water partition coefficient (Wildman–Crippen LogP) is 1.73. The highest BCUT2D eigenvalue weighted by Crippen LogP contribution is 2.35. The monoisotopic (exact) mass is 223 g/mol. The molecule has 1 aromatic heterocycles. The Kier molecular flexibility index (Phi) is 3.96. The Bertz CT molecular complexity index is 320. The molecule has 4 heteroatoms. The standard InChI is InChI=1S/C12H21N3O/c1-10(5-6-16-2)14-8-12-7-13-9-15(12)11-3-4-11/h7,9-11,14H,3-6,8H2,1-2H3. The Morgan fingerprint density at radius 2 is 2.44 bits per heavy atom. The number of hydrogen-bond donors (Lipinski definition) is 1. The van der Waals surface area contributed by atoms with Crippen LogP contribution in [-0.4, -0.2) is 29.3 Å². The van der Waals surface area contributed by atoms with Gasteiger partial charge in [-0.05, 0) is 26.2 Å². The first-order valence-corrected chi connectivity index (χ1v) is 6.04. The minimum absolute atomic E-state index is 0.488. The van der Waals surface area contributed by atoms with E-state index in [0.29, 0.717) is 12.1 Å². The molecule has 1 fully saturated rings. The highest BCUT2D eigenvalue weighted by atomic mass is 16.5. The average molecular weight is 223 g/mol. The maximum absolute atomic E-state index is 5.06. The highest BCUT2D eigenvalue weighted by Gasteiger charge is 2.24. The number of nitrogens with one attached hydrogen (secondary N) is 1. The summed E-state index contributed by atoms with van der Waals surface area (Å²) >= 11 is 0. The van der Waals surface area contributed by atoms with E-state index in [1.54, 1.807) is 7.11 Å². The number of ether oxygens (including phenoxy) is 1. The van der Waals surface area contributed by atoms with E-state index in [1.807, 2.05) is 12.5 Å². The van der Waals surface area contributed by atoms with Crippen molar-refractivity contribution in [2.24, 2.45) is 0 Å². The van der Waals surface area contributed by atoms with Crippen molar-refractivity contribution >= 4 is 0 Å². The van der Waals surface area contributed by atoms with Crippen molar-refractivity contribution in [2.75, 3.05) is 13.7 Å². The van der Waals surface area contributed by atoms with Crippen LogP contribution in [0.1, 0.15) is 37.9 Å². The Morgan fingerprint density at radius 3 is 3.12 bits per heavy atom. The van der Waals surface area contributed by atoms with Crippen LogP contribution >= 0.6 is 0 Å². The quantitative estimate of drug-likeness (QED) is 0.765. The summed E-state index contributed by atoms with van der Waals surface area (Å²) in [7, 11) is 1.74. The molecule has 0 amide bonds. The molecule has 16 heavy (non-hydrogen) atoms. The van der Waals surface area contributed by atoms with Gasteiger partial charge < -0.3 is 14.6 Å². The smallest absolute Gasteiger partial charge is 0.0951 e. The van der Waals surface area contributed by atoms with Gasteiger partial charge in [-0.25, -0.2) is 4.98 Å². The fraction of sp³-hybridized carbons (Fsp3) is 0.750. The number of methoxy groups -OCH3 is 1. The molecule has 0 bridgehead atoms. The zero-order valence-electron chi connectivity index (χ0n) is 10.1. The minimum atomic E-state index is 0.488. The summed E-state index contributed by atoms with van der Waals surface area (Å²) < 4.78 is 7.37. The van der Waals surface area contributed by atoms with Crippen LogP contribution in [0.2, 0.25) is 0 Å². The third-order valence-electron chi connectivity index (χ3n) is 3.07. The van der Waals surface area contributed by atoms with Crippen LogP contribution < -0.4 is 5.32 Å². The molecule has 1 N–H and O–H groups in total. The molecule has 0 radical (unpaired) electrons. The second kappa shape index (κ2) is 5.46. The molecule has 1 unspecified atom stereocenters. The molecule has 0 aromatic carbocycles. The first-order chi connectivity index (χ1) is 7.81. The molecule has 1 aliphatic carbocycles. The van der Waals surface area contributed by atoms with Gasteiger partial charge >= 0.3 is 0 Å². The van der Waals surface area contributed by atoms with Gasteiger partial charge in [0.1, 0.15) is 0 Å². The molecule has 1 aromatic rings. The normalized spacial score (nSPS) is 17.6. The van der Waals surface area contributed by atoms with E-state index < -0.39 is 0 Å². The van der Waals surface area contributed by atoms with Gasteiger partial charge in [0.05, 0.1) is 12.0 Å². The SMILES string of the molecule is COCCC(C)NCc1cncn1C1CC1. The van der Waals surface area contributed by atoms with E-state index in [0.717, 1.165) is 19.6 Å². The molecular formula is C12H21N3O. The van der Waals surface area contributed by atoms with E-state index in [-0.39, 0.29) is 0 Å². The van der Waals surface area contributed by atoms with Crippen LogP contribution in [0.5, 0.6) is 0 Å². The molecule has 90 valence electrons. The van der Waals surface area contributed by atoms with Crippen LogP contribution in [0.4, 0.5) is 0 Å². The van der Waals surface area contributed by atoms with Crippen LogP contribution in [0.3, 0.4) is 0 Å². The maximum atomic E-state index is 5.06. The summed E-state index contributed by atoms with van der Waals surface area (Å²) in [5.74, 6) is 0. The molecule has 1 aliphatic rings. The Morgan fingerprint density at radius 1 is 1.62 bits per heavy atom. The number of hydrogen-bond acceptors (Lipinski definition) is 3. The van der Waals surface area contributed by atoms with Crippen molar-refractivity contribution < 1.29 is 4.74 Å². The Labute approximate surface area is 97.0 Å². The summed E-state index contributed by atoms with van der Waals surface area (Å²) in [4.78, 5) is 4.22. The molecule has 1 saturated carbocycles. The number of aromatic nitrogens is 2. The van der Waals surface area contributed by atoms with Crippen molar-refractivity contribution in [3.05, 3.63) is 18.2 Å². The van der Waals surface area contributed by atoms with Crippen LogP contribution in [0.15, 0.2) is 12.5 Å². The molecule has 0 spiro atoms. The third kappa shape index (κ3) is 3.06. The molecule has 0 aliphatic heterocycles. The van der Waals surface area contributed by atoms with E-state index in [2.05, 4.69) is 21.8 Å². The summed E-state index contributed by atoms with van der Waals surface area (Å²) in [5, 5.41) is 3.50. The fourth-order valence-electron chi connectivity index (χ4n) is 1.83. The second-order valence-electron chi connectivity index (χ2n) is 4.59. The van der Waals surface area contributed by atoms with E-state index in [4.69, 9.17) is 4.74 Å². The number of rotatable bonds is 7. The summed E-state index contributed by atoms with van der Waals surface area (Å²) in [5.41, 5.74) is 1.30. The highest BCUT2D eigenvalue weighted by molar-refractivity contribution is 5.03. The Hall–Kier alpha value is -0.870. The Balaban J connectivity index is 1.77. The molecule has 0 saturated heterocycles. The molecular weight excluding hydrogens is 202 g/mol. The molecule has 1 atom stereocenters. The van der Waals surface area contributed by atoms with Crippen molar-refractivity contribution in [1.29, 1.82) is 0 Å². The maximum Gasteiger partial charge on any atom is 0.0951 e. The zero-order chi connectivity index (χ0) is 11.4. The van der Waals surface area contributed by atoms with Gasteiger partial charge in [0.25, 0.3) is 0 Å². The molecule has 4 nitrogen and oxygen atoms in total. The third-order valence-corrected chi connectivity index (χ3v) is 3.07. The lowest BCUT2D eigenvalue weighted by atomic mass is 10.2. The largest absolute Gasteiger partial charge is 0.385 e. The van der Waals surface area contributed by atoms with E-state index >= 15 is 0 Å². The fourth-order valence-corrected chi connectivity index (χ4v) is 1.83. The van der Waals surface area contributed by atoms with Crippen molar-refractivity contribution in [1.82, 2.24) is 14.9 Å². The van der Waals surface area contributed by atoms with Crippen molar-refractivity contribution in [3.63, 3.8) is 0 Å². The first-order valence-electron chi connectivity index (χ1n) is 6.04. The first kappa shape index (κ1) is 11.6. The molecule has 2 rings (SSSR count). The van der Waals surface area contributed by atoms with Crippen molar-refractivity contribution in [3.8, 4) is 0 Å². The van der Waals surface area contributed by atoms with Crippen LogP contribution in [0, 0.1) is 0 Å². The second-order valence-corrected chi connectivity index (χ2v) is 4.59. The average Bonchev–Trinajstić information content (AvgIpc) is 3.03. The topological polar surface area (TPSA) is 39.1 Å². The van der Waals surface area contributed by atoms with Gasteiger partial charge in [0.15, 0.2) is 0 Å². The molecule has 1 heterocycles. The van der Waals surface area contributed by atoms with Gasteiger partial charge in [-0.15, -0.1) is 0 Å². The van der Waals surface area contributed by atoms with Gasteiger partial charge in [0.2, 0.25) is 0 Å². The summed E-state index contributed by atoms with van der Waals surface area (Å²) in [6.45, 7) is 3.91. The van der Waals surface area contributed by atoms with Gasteiger partial charge in [-0.1, -0.05) is 0 Å². The van der Waals surface area contributed by atoms with E-state index in [1.165, 1.54) is 18.5 Å². The van der Waals surface area contributed by atoms with Gasteiger partial charge in [-0.2, -0.15) is 0 Å². The lowest BCUT2D eigenvalue weighted by molar-refractivity contribution is 0.184. The van der Waals surface area contributed by atoms with Crippen molar-refractivity contribution in [2.45, 2.75) is 44.8 Å².